The first-order valence-corrected chi connectivity index (χ1v) is 7.02. The number of halogens is 2. The number of nitrogens with zero attached hydrogens (tertiary/aromatic N) is 1. The van der Waals surface area contributed by atoms with Gasteiger partial charge >= 0.3 is 6.61 Å². The number of alkyl halides is 2. The van der Waals surface area contributed by atoms with E-state index in [0.717, 1.165) is 18.7 Å². The van der Waals surface area contributed by atoms with Crippen molar-refractivity contribution in [3.8, 4) is 5.75 Å². The minimum Gasteiger partial charge on any atom is -0.433 e. The molecule has 112 valence electrons. The molecule has 1 aliphatic rings. The summed E-state index contributed by atoms with van der Waals surface area (Å²) in [4.78, 5) is 2.16. The van der Waals surface area contributed by atoms with Crippen molar-refractivity contribution in [2.24, 2.45) is 5.92 Å². The van der Waals surface area contributed by atoms with Gasteiger partial charge in [-0.1, -0.05) is 19.1 Å². The molecule has 20 heavy (non-hydrogen) atoms. The fourth-order valence-corrected chi connectivity index (χ4v) is 3.00. The molecule has 0 saturated carbocycles. The third-order valence-electron chi connectivity index (χ3n) is 4.33. The summed E-state index contributed by atoms with van der Waals surface area (Å²) < 4.78 is 29.7. The van der Waals surface area contributed by atoms with Crippen molar-refractivity contribution in [3.63, 3.8) is 0 Å². The maximum Gasteiger partial charge on any atom is 0.387 e. The van der Waals surface area contributed by atoms with Crippen molar-refractivity contribution in [3.05, 3.63) is 24.3 Å². The van der Waals surface area contributed by atoms with Crippen molar-refractivity contribution in [1.82, 2.24) is 5.32 Å². The van der Waals surface area contributed by atoms with Crippen LogP contribution in [-0.4, -0.2) is 32.3 Å². The van der Waals surface area contributed by atoms with Crippen LogP contribution in [0.25, 0.3) is 0 Å². The van der Waals surface area contributed by atoms with E-state index < -0.39 is 6.61 Å². The first-order valence-electron chi connectivity index (χ1n) is 7.02. The molecule has 0 bridgehead atoms. The molecule has 5 heteroatoms. The maximum atomic E-state index is 12.5. The smallest absolute Gasteiger partial charge is 0.387 e. The van der Waals surface area contributed by atoms with E-state index in [1.165, 1.54) is 0 Å². The summed E-state index contributed by atoms with van der Waals surface area (Å²) >= 11 is 0. The summed E-state index contributed by atoms with van der Waals surface area (Å²) in [7, 11) is 1.97. The van der Waals surface area contributed by atoms with Crippen LogP contribution in [0.2, 0.25) is 0 Å². The lowest BCUT2D eigenvalue weighted by molar-refractivity contribution is -0.0496. The number of ether oxygens (including phenoxy) is 1. The molecular formula is C15H22F2N2O. The Morgan fingerprint density at radius 3 is 2.65 bits per heavy atom. The Labute approximate surface area is 118 Å². The molecule has 1 aliphatic heterocycles. The maximum absolute atomic E-state index is 12.5. The monoisotopic (exact) mass is 284 g/mol. The first kappa shape index (κ1) is 15.0. The molecule has 3 nitrogen and oxygen atoms in total. The summed E-state index contributed by atoms with van der Waals surface area (Å²) in [6.07, 6.45) is 0.991. The van der Waals surface area contributed by atoms with Crippen molar-refractivity contribution in [1.29, 1.82) is 0 Å². The number of nitrogens with one attached hydrogen (secondary N) is 1. The van der Waals surface area contributed by atoms with Gasteiger partial charge in [0.1, 0.15) is 5.75 Å². The zero-order valence-electron chi connectivity index (χ0n) is 12.1. The van der Waals surface area contributed by atoms with Gasteiger partial charge in [0.05, 0.1) is 5.69 Å². The van der Waals surface area contributed by atoms with Gasteiger partial charge in [0.15, 0.2) is 0 Å². The molecule has 0 amide bonds. The van der Waals surface area contributed by atoms with Crippen LogP contribution in [-0.2, 0) is 0 Å². The highest BCUT2D eigenvalue weighted by atomic mass is 19.3. The van der Waals surface area contributed by atoms with E-state index >= 15 is 0 Å². The molecule has 0 aliphatic carbocycles. The van der Waals surface area contributed by atoms with E-state index in [1.54, 1.807) is 12.1 Å². The molecule has 0 spiro atoms. The molecule has 1 saturated heterocycles. The zero-order chi connectivity index (χ0) is 14.7. The predicted octanol–water partition coefficient (Wildman–Crippen LogP) is 3.11. The molecule has 0 aromatic heterocycles. The zero-order valence-corrected chi connectivity index (χ0v) is 12.1. The standard InChI is InChI=1S/C15H22F2N2O/c1-10-11(2)19(9-8-12(10)18-3)13-6-4-5-7-14(13)20-15(16)17/h4-7,10-12,15,18H,8-9H2,1-3H3. The van der Waals surface area contributed by atoms with Crippen LogP contribution in [0.3, 0.4) is 0 Å². The minimum atomic E-state index is -2.79. The van der Waals surface area contributed by atoms with Crippen LogP contribution >= 0.6 is 0 Å². The summed E-state index contributed by atoms with van der Waals surface area (Å²) in [5, 5.41) is 3.33. The van der Waals surface area contributed by atoms with E-state index in [0.29, 0.717) is 12.0 Å². The molecule has 3 unspecified atom stereocenters. The van der Waals surface area contributed by atoms with Gasteiger partial charge in [-0.15, -0.1) is 0 Å². The molecule has 1 heterocycles. The summed E-state index contributed by atoms with van der Waals surface area (Å²) in [6.45, 7) is 2.36. The number of benzene rings is 1. The average molecular weight is 284 g/mol. The molecule has 2 rings (SSSR count). The second-order valence-corrected chi connectivity index (χ2v) is 5.32. The molecule has 1 aromatic carbocycles. The molecular weight excluding hydrogens is 262 g/mol. The highest BCUT2D eigenvalue weighted by Gasteiger charge is 2.32. The lowest BCUT2D eigenvalue weighted by Crippen LogP contribution is -2.52. The molecule has 1 aromatic rings. The van der Waals surface area contributed by atoms with Gasteiger partial charge in [-0.05, 0) is 38.4 Å². The first-order chi connectivity index (χ1) is 9.54. The van der Waals surface area contributed by atoms with Gasteiger partial charge in [-0.25, -0.2) is 0 Å². The normalized spacial score (nSPS) is 26.9. The van der Waals surface area contributed by atoms with Gasteiger partial charge < -0.3 is 15.0 Å². The van der Waals surface area contributed by atoms with Crippen LogP contribution in [0.5, 0.6) is 5.75 Å². The summed E-state index contributed by atoms with van der Waals surface area (Å²) in [5.74, 6) is 0.692. The van der Waals surface area contributed by atoms with Gasteiger partial charge in [-0.3, -0.25) is 0 Å². The Morgan fingerprint density at radius 2 is 2.00 bits per heavy atom. The average Bonchev–Trinajstić information content (AvgIpc) is 2.42. The molecule has 1 fully saturated rings. The summed E-state index contributed by atoms with van der Waals surface area (Å²) in [6, 6.07) is 7.75. The van der Waals surface area contributed by atoms with Gasteiger partial charge in [0.2, 0.25) is 0 Å². The number of hydrogen-bond donors (Lipinski definition) is 1. The Bertz CT molecular complexity index is 442. The Kier molecular flexibility index (Phi) is 4.81. The topological polar surface area (TPSA) is 24.5 Å². The number of hydrogen-bond acceptors (Lipinski definition) is 3. The number of piperidine rings is 1. The molecule has 1 N–H and O–H groups in total. The van der Waals surface area contributed by atoms with Crippen LogP contribution in [0, 0.1) is 5.92 Å². The second-order valence-electron chi connectivity index (χ2n) is 5.32. The van der Waals surface area contributed by atoms with E-state index in [9.17, 15) is 8.78 Å². The fourth-order valence-electron chi connectivity index (χ4n) is 3.00. The second kappa shape index (κ2) is 6.39. The highest BCUT2D eigenvalue weighted by Crippen LogP contribution is 2.35. The molecule has 3 atom stereocenters. The lowest BCUT2D eigenvalue weighted by atomic mass is 9.86. The molecule has 0 radical (unpaired) electrons. The SMILES string of the molecule is CNC1CCN(c2ccccc2OC(F)F)C(C)C1C. The van der Waals surface area contributed by atoms with Gasteiger partial charge in [-0.2, -0.15) is 8.78 Å². The third-order valence-corrected chi connectivity index (χ3v) is 4.33. The van der Waals surface area contributed by atoms with E-state index in [1.807, 2.05) is 19.2 Å². The number of anilines is 1. The van der Waals surface area contributed by atoms with Crippen molar-refractivity contribution < 1.29 is 13.5 Å². The van der Waals surface area contributed by atoms with Crippen LogP contribution < -0.4 is 15.0 Å². The van der Waals surface area contributed by atoms with E-state index in [2.05, 4.69) is 28.8 Å². The van der Waals surface area contributed by atoms with Crippen molar-refractivity contribution >= 4 is 5.69 Å². The number of para-hydroxylation sites is 2. The minimum absolute atomic E-state index is 0.254. The predicted molar refractivity (Wildman–Crippen MR) is 76.5 cm³/mol. The quantitative estimate of drug-likeness (QED) is 0.919. The van der Waals surface area contributed by atoms with Crippen LogP contribution in [0.4, 0.5) is 14.5 Å². The highest BCUT2D eigenvalue weighted by molar-refractivity contribution is 5.59. The Morgan fingerprint density at radius 1 is 1.30 bits per heavy atom. The van der Waals surface area contributed by atoms with Crippen LogP contribution in [0.1, 0.15) is 20.3 Å². The van der Waals surface area contributed by atoms with E-state index in [-0.39, 0.29) is 11.8 Å². The van der Waals surface area contributed by atoms with Crippen LogP contribution in [0.15, 0.2) is 24.3 Å². The van der Waals surface area contributed by atoms with E-state index in [4.69, 9.17) is 0 Å². The van der Waals surface area contributed by atoms with Gasteiger partial charge in [0, 0.05) is 18.6 Å². The lowest BCUT2D eigenvalue weighted by Gasteiger charge is -2.44. The Balaban J connectivity index is 2.23. The van der Waals surface area contributed by atoms with Crippen molar-refractivity contribution in [2.75, 3.05) is 18.5 Å². The van der Waals surface area contributed by atoms with Gasteiger partial charge in [0.25, 0.3) is 0 Å². The number of rotatable bonds is 4. The van der Waals surface area contributed by atoms with Crippen molar-refractivity contribution in [2.45, 2.75) is 39.0 Å². The summed E-state index contributed by atoms with van der Waals surface area (Å²) in [5.41, 5.74) is 0.752. The third kappa shape index (κ3) is 3.03. The Hall–Kier alpha value is -1.36. The fraction of sp³-hybridized carbons (Fsp3) is 0.600. The largest absolute Gasteiger partial charge is 0.433 e.